The van der Waals surface area contributed by atoms with Crippen molar-refractivity contribution < 1.29 is 9.90 Å². The molecule has 0 saturated heterocycles. The third kappa shape index (κ3) is 1.88. The number of carbonyl (C=O) groups is 1. The Hall–Kier alpha value is -2.17. The van der Waals surface area contributed by atoms with Gasteiger partial charge in [0.25, 0.3) is 0 Å². The number of phenolic OH excluding ortho intramolecular Hbond substituents is 1. The molecule has 3 rings (SSSR count). The Kier molecular flexibility index (Phi) is 2.59. The molecule has 0 aliphatic heterocycles. The van der Waals surface area contributed by atoms with Gasteiger partial charge >= 0.3 is 0 Å². The minimum atomic E-state index is 0.238. The van der Waals surface area contributed by atoms with Gasteiger partial charge in [0.1, 0.15) is 11.4 Å². The predicted molar refractivity (Wildman–Crippen MR) is 64.6 cm³/mol. The van der Waals surface area contributed by atoms with Crippen molar-refractivity contribution in [2.24, 2.45) is 0 Å². The highest BCUT2D eigenvalue weighted by atomic mass is 16.3. The zero-order chi connectivity index (χ0) is 12.5. The van der Waals surface area contributed by atoms with E-state index in [1.54, 1.807) is 16.8 Å². The number of carbonyl (C=O) groups excluding carboxylic acids is 1. The average Bonchev–Trinajstić information content (AvgIpc) is 3.14. The summed E-state index contributed by atoms with van der Waals surface area (Å²) >= 11 is 0. The lowest BCUT2D eigenvalue weighted by Crippen LogP contribution is -2.06. The Morgan fingerprint density at radius 1 is 1.39 bits per heavy atom. The van der Waals surface area contributed by atoms with E-state index < -0.39 is 0 Å². The minimum absolute atomic E-state index is 0.238. The van der Waals surface area contributed by atoms with Gasteiger partial charge in [-0.15, -0.1) is 5.10 Å². The van der Waals surface area contributed by atoms with E-state index in [-0.39, 0.29) is 5.75 Å². The summed E-state index contributed by atoms with van der Waals surface area (Å²) < 4.78 is 1.72. The van der Waals surface area contributed by atoms with Crippen molar-refractivity contribution in [3.63, 3.8) is 0 Å². The quantitative estimate of drug-likeness (QED) is 0.830. The Morgan fingerprint density at radius 2 is 2.17 bits per heavy atom. The van der Waals surface area contributed by atoms with Gasteiger partial charge in [0.2, 0.25) is 0 Å². The van der Waals surface area contributed by atoms with Crippen LogP contribution in [0.15, 0.2) is 24.3 Å². The molecule has 1 N–H and O–H groups in total. The summed E-state index contributed by atoms with van der Waals surface area (Å²) in [6, 6.07) is 7.13. The summed E-state index contributed by atoms with van der Waals surface area (Å²) in [6.45, 7) is 0.444. The summed E-state index contributed by atoms with van der Waals surface area (Å²) in [4.78, 5) is 10.9. The maximum atomic E-state index is 10.9. The van der Waals surface area contributed by atoms with E-state index in [9.17, 15) is 9.90 Å². The minimum Gasteiger partial charge on any atom is -0.508 e. The molecule has 1 heterocycles. The standard InChI is InChI=1S/C13H13N3O2/c17-8-11-13(9-5-6-9)16(15-14-11)7-10-3-1-2-4-12(10)18/h1-4,8-9,18H,5-7H2. The second-order valence-electron chi connectivity index (χ2n) is 4.54. The lowest BCUT2D eigenvalue weighted by atomic mass is 10.2. The van der Waals surface area contributed by atoms with Crippen LogP contribution in [0.5, 0.6) is 5.75 Å². The molecule has 0 radical (unpaired) electrons. The molecular formula is C13H13N3O2. The van der Waals surface area contributed by atoms with Crippen molar-refractivity contribution in [1.29, 1.82) is 0 Å². The molecule has 0 amide bonds. The van der Waals surface area contributed by atoms with Crippen LogP contribution in [0, 0.1) is 0 Å². The number of hydrogen-bond donors (Lipinski definition) is 1. The average molecular weight is 243 g/mol. The van der Waals surface area contributed by atoms with Gasteiger partial charge < -0.3 is 5.11 Å². The van der Waals surface area contributed by atoms with E-state index in [1.165, 1.54) is 0 Å². The van der Waals surface area contributed by atoms with Gasteiger partial charge in [-0.1, -0.05) is 23.4 Å². The Morgan fingerprint density at radius 3 is 2.83 bits per heavy atom. The van der Waals surface area contributed by atoms with Crippen molar-refractivity contribution in [2.45, 2.75) is 25.3 Å². The Balaban J connectivity index is 1.95. The van der Waals surface area contributed by atoms with Crippen LogP contribution < -0.4 is 0 Å². The monoisotopic (exact) mass is 243 g/mol. The van der Waals surface area contributed by atoms with Gasteiger partial charge in [-0.05, 0) is 18.9 Å². The molecule has 0 bridgehead atoms. The largest absolute Gasteiger partial charge is 0.508 e. The summed E-state index contributed by atoms with van der Waals surface area (Å²) in [5, 5.41) is 17.6. The second kappa shape index (κ2) is 4.25. The highest BCUT2D eigenvalue weighted by Crippen LogP contribution is 2.41. The molecule has 1 saturated carbocycles. The maximum absolute atomic E-state index is 10.9. The number of aromatic hydroxyl groups is 1. The number of aromatic nitrogens is 3. The van der Waals surface area contributed by atoms with E-state index >= 15 is 0 Å². The Bertz CT molecular complexity index is 588. The van der Waals surface area contributed by atoms with Gasteiger partial charge in [0.05, 0.1) is 12.2 Å². The molecular weight excluding hydrogens is 230 g/mol. The lowest BCUT2D eigenvalue weighted by molar-refractivity contribution is 0.111. The SMILES string of the molecule is O=Cc1nnn(Cc2ccccc2O)c1C1CC1. The first-order valence-electron chi connectivity index (χ1n) is 5.95. The zero-order valence-corrected chi connectivity index (χ0v) is 9.78. The van der Waals surface area contributed by atoms with Crippen LogP contribution in [0.3, 0.4) is 0 Å². The van der Waals surface area contributed by atoms with Crippen molar-refractivity contribution in [3.05, 3.63) is 41.2 Å². The third-order valence-corrected chi connectivity index (χ3v) is 3.19. The van der Waals surface area contributed by atoms with Crippen LogP contribution in [0.1, 0.15) is 40.5 Å². The van der Waals surface area contributed by atoms with Gasteiger partial charge in [0, 0.05) is 11.5 Å². The van der Waals surface area contributed by atoms with E-state index in [4.69, 9.17) is 0 Å². The number of aldehydes is 1. The molecule has 1 aliphatic carbocycles. The van der Waals surface area contributed by atoms with Crippen molar-refractivity contribution in [2.75, 3.05) is 0 Å². The van der Waals surface area contributed by atoms with Crippen LogP contribution >= 0.6 is 0 Å². The van der Waals surface area contributed by atoms with Crippen LogP contribution in [0.2, 0.25) is 0 Å². The second-order valence-corrected chi connectivity index (χ2v) is 4.54. The van der Waals surface area contributed by atoms with Crippen LogP contribution in [0.4, 0.5) is 0 Å². The molecule has 0 unspecified atom stereocenters. The zero-order valence-electron chi connectivity index (χ0n) is 9.78. The van der Waals surface area contributed by atoms with Gasteiger partial charge in [-0.25, -0.2) is 4.68 Å². The molecule has 1 aromatic carbocycles. The molecule has 92 valence electrons. The molecule has 18 heavy (non-hydrogen) atoms. The van der Waals surface area contributed by atoms with E-state index in [0.717, 1.165) is 30.4 Å². The molecule has 0 atom stereocenters. The number of hydrogen-bond acceptors (Lipinski definition) is 4. The van der Waals surface area contributed by atoms with E-state index in [1.807, 2.05) is 12.1 Å². The molecule has 5 nitrogen and oxygen atoms in total. The number of benzene rings is 1. The first kappa shape index (κ1) is 11.0. The third-order valence-electron chi connectivity index (χ3n) is 3.19. The Labute approximate surface area is 104 Å². The molecule has 1 fully saturated rings. The highest BCUT2D eigenvalue weighted by molar-refractivity contribution is 5.73. The van der Waals surface area contributed by atoms with Gasteiger partial charge in [0.15, 0.2) is 6.29 Å². The number of phenols is 1. The number of nitrogens with zero attached hydrogens (tertiary/aromatic N) is 3. The lowest BCUT2D eigenvalue weighted by Gasteiger charge is -2.07. The molecule has 5 heteroatoms. The number of para-hydroxylation sites is 1. The predicted octanol–water partition coefficient (Wildman–Crippen LogP) is 1.72. The van der Waals surface area contributed by atoms with E-state index in [2.05, 4.69) is 10.3 Å². The first-order chi connectivity index (χ1) is 8.79. The fourth-order valence-electron chi connectivity index (χ4n) is 2.12. The number of rotatable bonds is 4. The summed E-state index contributed by atoms with van der Waals surface area (Å²) in [5.74, 6) is 0.633. The van der Waals surface area contributed by atoms with Crippen LogP contribution in [0.25, 0.3) is 0 Å². The summed E-state index contributed by atoms with van der Waals surface area (Å²) in [7, 11) is 0. The smallest absolute Gasteiger partial charge is 0.172 e. The van der Waals surface area contributed by atoms with Crippen molar-refractivity contribution >= 4 is 6.29 Å². The first-order valence-corrected chi connectivity index (χ1v) is 5.95. The van der Waals surface area contributed by atoms with Crippen molar-refractivity contribution in [1.82, 2.24) is 15.0 Å². The molecule has 2 aromatic rings. The molecule has 0 spiro atoms. The topological polar surface area (TPSA) is 68.0 Å². The maximum Gasteiger partial charge on any atom is 0.172 e. The fourth-order valence-corrected chi connectivity index (χ4v) is 2.12. The normalized spacial score (nSPS) is 14.7. The molecule has 1 aromatic heterocycles. The van der Waals surface area contributed by atoms with E-state index in [0.29, 0.717) is 18.2 Å². The van der Waals surface area contributed by atoms with Crippen LogP contribution in [-0.4, -0.2) is 26.4 Å². The fraction of sp³-hybridized carbons (Fsp3) is 0.308. The van der Waals surface area contributed by atoms with Gasteiger partial charge in [-0.2, -0.15) is 0 Å². The molecule has 1 aliphatic rings. The van der Waals surface area contributed by atoms with Crippen molar-refractivity contribution in [3.8, 4) is 5.75 Å². The summed E-state index contributed by atoms with van der Waals surface area (Å²) in [5.41, 5.74) is 2.10. The van der Waals surface area contributed by atoms with Gasteiger partial charge in [-0.3, -0.25) is 4.79 Å². The highest BCUT2D eigenvalue weighted by Gasteiger charge is 2.31. The van der Waals surface area contributed by atoms with Crippen LogP contribution in [-0.2, 0) is 6.54 Å². The summed E-state index contributed by atoms with van der Waals surface area (Å²) in [6.07, 6.45) is 2.91.